The summed E-state index contributed by atoms with van der Waals surface area (Å²) in [6.07, 6.45) is 1.76. The fourth-order valence-corrected chi connectivity index (χ4v) is 5.20. The Labute approximate surface area is 276 Å². The molecular formula is C34H35ClN6O6. The van der Waals surface area contributed by atoms with Gasteiger partial charge in [0.1, 0.15) is 35.4 Å². The summed E-state index contributed by atoms with van der Waals surface area (Å²) in [6.45, 7) is 5.10. The minimum atomic E-state index is -1.05. The number of aromatic nitrogens is 2. The van der Waals surface area contributed by atoms with Gasteiger partial charge in [0.25, 0.3) is 5.91 Å². The molecule has 244 valence electrons. The minimum absolute atomic E-state index is 0.0750. The molecule has 0 unspecified atom stereocenters. The summed E-state index contributed by atoms with van der Waals surface area (Å²) in [4.78, 5) is 53.4. The van der Waals surface area contributed by atoms with Crippen LogP contribution < -0.4 is 26.0 Å². The Balaban J connectivity index is 1.40. The van der Waals surface area contributed by atoms with Crippen molar-refractivity contribution in [3.05, 3.63) is 94.6 Å². The second-order valence-corrected chi connectivity index (χ2v) is 12.0. The van der Waals surface area contributed by atoms with Crippen molar-refractivity contribution in [1.29, 1.82) is 0 Å². The van der Waals surface area contributed by atoms with E-state index >= 15 is 0 Å². The SMILES string of the molecule is CC(C)[C@@H]1NC(=O)c2cc(ccc2O)Oc2ccc(cc2)C[C@@H](C(=O)NCc2cn[nH]c2-c2ccc(Cl)cc2)NC(=O)[C@H](C)NC1=O. The number of aromatic hydroxyl groups is 1. The number of carbonyl (C=O) groups is 4. The minimum Gasteiger partial charge on any atom is -0.507 e. The van der Waals surface area contributed by atoms with Gasteiger partial charge in [-0.3, -0.25) is 24.3 Å². The van der Waals surface area contributed by atoms with Crippen LogP contribution in [0.5, 0.6) is 17.2 Å². The van der Waals surface area contributed by atoms with E-state index in [0.29, 0.717) is 16.5 Å². The molecule has 1 aromatic heterocycles. The van der Waals surface area contributed by atoms with E-state index in [2.05, 4.69) is 31.5 Å². The Morgan fingerprint density at radius 3 is 2.38 bits per heavy atom. The molecule has 4 amide bonds. The van der Waals surface area contributed by atoms with Gasteiger partial charge in [-0.05, 0) is 66.4 Å². The van der Waals surface area contributed by atoms with Crippen LogP contribution >= 0.6 is 11.6 Å². The van der Waals surface area contributed by atoms with Crippen LogP contribution in [0.3, 0.4) is 0 Å². The predicted octanol–water partition coefficient (Wildman–Crippen LogP) is 3.84. The smallest absolute Gasteiger partial charge is 0.255 e. The quantitative estimate of drug-likeness (QED) is 0.177. The molecule has 2 aliphatic rings. The molecule has 3 heterocycles. The van der Waals surface area contributed by atoms with Crippen molar-refractivity contribution in [2.75, 3.05) is 0 Å². The molecule has 2 aliphatic heterocycles. The highest BCUT2D eigenvalue weighted by atomic mass is 35.5. The maximum absolute atomic E-state index is 13.6. The van der Waals surface area contributed by atoms with E-state index in [0.717, 1.165) is 22.4 Å². The number of aromatic amines is 1. The Morgan fingerprint density at radius 1 is 0.979 bits per heavy atom. The first kappa shape index (κ1) is 33.0. The Kier molecular flexibility index (Phi) is 10.1. The number of benzene rings is 3. The number of nitrogens with zero attached hydrogens (tertiary/aromatic N) is 1. The van der Waals surface area contributed by atoms with E-state index in [1.165, 1.54) is 25.1 Å². The molecule has 0 fully saturated rings. The first-order valence-electron chi connectivity index (χ1n) is 15.1. The number of phenols is 1. The summed E-state index contributed by atoms with van der Waals surface area (Å²) in [6, 6.07) is 15.2. The first-order chi connectivity index (χ1) is 22.5. The number of phenolic OH excluding ortho intramolecular Hbond substituents is 1. The van der Waals surface area contributed by atoms with Crippen molar-refractivity contribution in [3.63, 3.8) is 0 Å². The van der Waals surface area contributed by atoms with Gasteiger partial charge >= 0.3 is 0 Å². The summed E-state index contributed by atoms with van der Waals surface area (Å²) in [7, 11) is 0. The predicted molar refractivity (Wildman–Crippen MR) is 175 cm³/mol. The number of carbonyl (C=O) groups excluding carboxylic acids is 4. The second-order valence-electron chi connectivity index (χ2n) is 11.6. The lowest BCUT2D eigenvalue weighted by Crippen LogP contribution is -2.57. The lowest BCUT2D eigenvalue weighted by Gasteiger charge is -2.25. The second kappa shape index (κ2) is 14.4. The van der Waals surface area contributed by atoms with Crippen LogP contribution in [-0.2, 0) is 27.3 Å². The lowest BCUT2D eigenvalue weighted by atomic mass is 10.0. The molecule has 47 heavy (non-hydrogen) atoms. The van der Waals surface area contributed by atoms with Gasteiger partial charge in [0.15, 0.2) is 0 Å². The molecule has 0 spiro atoms. The Morgan fingerprint density at radius 2 is 1.68 bits per heavy atom. The van der Waals surface area contributed by atoms with E-state index in [9.17, 15) is 24.3 Å². The number of halogens is 1. The summed E-state index contributed by atoms with van der Waals surface area (Å²) in [5.41, 5.74) is 2.94. The largest absolute Gasteiger partial charge is 0.507 e. The Hall–Kier alpha value is -5.36. The van der Waals surface area contributed by atoms with Crippen molar-refractivity contribution < 1.29 is 29.0 Å². The van der Waals surface area contributed by atoms with Gasteiger partial charge in [-0.2, -0.15) is 5.10 Å². The van der Waals surface area contributed by atoms with Crippen molar-refractivity contribution in [1.82, 2.24) is 31.5 Å². The zero-order valence-corrected chi connectivity index (χ0v) is 26.7. The molecular weight excluding hydrogens is 624 g/mol. The van der Waals surface area contributed by atoms with Gasteiger partial charge in [0.2, 0.25) is 17.7 Å². The van der Waals surface area contributed by atoms with Gasteiger partial charge < -0.3 is 31.1 Å². The normalized spacial score (nSPS) is 18.7. The van der Waals surface area contributed by atoms with Crippen LogP contribution in [0.2, 0.25) is 5.02 Å². The summed E-state index contributed by atoms with van der Waals surface area (Å²) >= 11 is 6.03. The highest BCUT2D eigenvalue weighted by molar-refractivity contribution is 6.30. The van der Waals surface area contributed by atoms with E-state index in [1.54, 1.807) is 56.4 Å². The average molecular weight is 659 g/mol. The van der Waals surface area contributed by atoms with Crippen molar-refractivity contribution in [2.45, 2.75) is 51.9 Å². The number of ether oxygens (including phenoxy) is 1. The fourth-order valence-electron chi connectivity index (χ4n) is 5.07. The van der Waals surface area contributed by atoms with Crippen LogP contribution in [0.25, 0.3) is 11.3 Å². The Bertz CT molecular complexity index is 1770. The van der Waals surface area contributed by atoms with Gasteiger partial charge in [-0.1, -0.05) is 49.7 Å². The van der Waals surface area contributed by atoms with Crippen molar-refractivity contribution in [3.8, 4) is 28.5 Å². The molecule has 0 aliphatic carbocycles. The molecule has 4 bridgehead atoms. The summed E-state index contributed by atoms with van der Waals surface area (Å²) < 4.78 is 5.92. The summed E-state index contributed by atoms with van der Waals surface area (Å²) in [5.74, 6) is -2.24. The van der Waals surface area contributed by atoms with Crippen LogP contribution in [0.4, 0.5) is 0 Å². The average Bonchev–Trinajstić information content (AvgIpc) is 3.52. The molecule has 6 N–H and O–H groups in total. The zero-order valence-electron chi connectivity index (χ0n) is 26.0. The van der Waals surface area contributed by atoms with Crippen molar-refractivity contribution >= 4 is 35.2 Å². The van der Waals surface area contributed by atoms with Crippen LogP contribution in [0.1, 0.15) is 42.3 Å². The maximum Gasteiger partial charge on any atom is 0.255 e. The molecule has 3 atom stereocenters. The highest BCUT2D eigenvalue weighted by Crippen LogP contribution is 2.28. The third kappa shape index (κ3) is 8.08. The highest BCUT2D eigenvalue weighted by Gasteiger charge is 2.30. The standard InChI is InChI=1S/C34H35ClN6O6/c1-18(2)29-34(46)38-19(3)31(43)39-27(33(45)36-16-22-17-37-41-30(22)21-6-8-23(35)9-7-21)14-20-4-10-24(11-5-20)47-25-12-13-28(42)26(15-25)32(44)40-29/h4-13,15,17-19,27,29,42H,14,16H2,1-3H3,(H,36,45)(H,37,41)(H,38,46)(H,39,43)(H,40,44)/t19-,27-,29-/m0/s1. The van der Waals surface area contributed by atoms with Gasteiger partial charge in [-0.25, -0.2) is 0 Å². The van der Waals surface area contributed by atoms with Crippen LogP contribution in [0, 0.1) is 5.92 Å². The number of H-pyrrole nitrogens is 1. The number of hydrogen-bond acceptors (Lipinski definition) is 7. The third-order valence-electron chi connectivity index (χ3n) is 7.74. The lowest BCUT2D eigenvalue weighted by molar-refractivity contribution is -0.132. The van der Waals surface area contributed by atoms with Gasteiger partial charge in [0, 0.05) is 23.6 Å². The number of hydrogen-bond donors (Lipinski definition) is 6. The van der Waals surface area contributed by atoms with Crippen LogP contribution in [-0.4, -0.2) is 57.1 Å². The van der Waals surface area contributed by atoms with E-state index < -0.39 is 41.8 Å². The molecule has 0 saturated heterocycles. The fraction of sp³-hybridized carbons (Fsp3) is 0.265. The number of rotatable bonds is 5. The molecule has 12 nitrogen and oxygen atoms in total. The zero-order chi connectivity index (χ0) is 33.7. The maximum atomic E-state index is 13.6. The molecule has 0 radical (unpaired) electrons. The number of nitrogens with one attached hydrogen (secondary N) is 5. The molecule has 3 aromatic carbocycles. The number of fused-ring (bicyclic) bond motifs is 11. The number of amides is 4. The third-order valence-corrected chi connectivity index (χ3v) is 7.99. The monoisotopic (exact) mass is 658 g/mol. The van der Waals surface area contributed by atoms with Crippen molar-refractivity contribution in [2.24, 2.45) is 5.92 Å². The topological polar surface area (TPSA) is 175 Å². The van der Waals surface area contributed by atoms with E-state index in [-0.39, 0.29) is 30.2 Å². The van der Waals surface area contributed by atoms with E-state index in [4.69, 9.17) is 16.3 Å². The summed E-state index contributed by atoms with van der Waals surface area (Å²) in [5, 5.41) is 29.0. The molecule has 4 aromatic rings. The van der Waals surface area contributed by atoms with Gasteiger partial charge in [-0.15, -0.1) is 0 Å². The van der Waals surface area contributed by atoms with Gasteiger partial charge in [0.05, 0.1) is 17.5 Å². The first-order valence-corrected chi connectivity index (χ1v) is 15.4. The molecule has 6 rings (SSSR count). The van der Waals surface area contributed by atoms with Crippen LogP contribution in [0.15, 0.2) is 72.9 Å². The molecule has 13 heteroatoms. The van der Waals surface area contributed by atoms with E-state index in [1.807, 2.05) is 12.1 Å². The molecule has 0 saturated carbocycles.